The van der Waals surface area contributed by atoms with E-state index < -0.39 is 17.4 Å². The molecule has 16 heavy (non-hydrogen) atoms. The van der Waals surface area contributed by atoms with Crippen LogP contribution in [0.3, 0.4) is 0 Å². The number of benzene rings is 1. The van der Waals surface area contributed by atoms with Gasteiger partial charge in [0.1, 0.15) is 6.04 Å². The van der Waals surface area contributed by atoms with E-state index in [4.69, 9.17) is 10.8 Å². The molecule has 0 aliphatic rings. The molecule has 0 saturated carbocycles. The first-order chi connectivity index (χ1) is 7.43. The number of carbonyl (C=O) groups is 1. The van der Waals surface area contributed by atoms with E-state index in [0.717, 1.165) is 5.56 Å². The van der Waals surface area contributed by atoms with Crippen LogP contribution >= 0.6 is 0 Å². The van der Waals surface area contributed by atoms with E-state index in [2.05, 4.69) is 0 Å². The summed E-state index contributed by atoms with van der Waals surface area (Å²) >= 11 is 0. The number of nitrogens with two attached hydrogens (primary N) is 1. The molecule has 0 amide bonds. The van der Waals surface area contributed by atoms with E-state index in [9.17, 15) is 4.79 Å². The molecule has 1 rings (SSSR count). The molecule has 0 fully saturated rings. The van der Waals surface area contributed by atoms with Gasteiger partial charge in [0.15, 0.2) is 0 Å². The van der Waals surface area contributed by atoms with Crippen molar-refractivity contribution in [2.45, 2.75) is 19.9 Å². The van der Waals surface area contributed by atoms with Gasteiger partial charge in [0, 0.05) is 5.41 Å². The van der Waals surface area contributed by atoms with Gasteiger partial charge in [-0.3, -0.25) is 4.79 Å². The highest BCUT2D eigenvalue weighted by atomic mass is 16.4. The summed E-state index contributed by atoms with van der Waals surface area (Å²) in [5.41, 5.74) is 6.08. The maximum atomic E-state index is 10.8. The molecule has 3 nitrogen and oxygen atoms in total. The largest absolute Gasteiger partial charge is 0.480 e. The molecule has 0 aromatic heterocycles. The molecule has 3 heteroatoms. The Kier molecular flexibility index (Phi) is 3.85. The summed E-state index contributed by atoms with van der Waals surface area (Å²) in [7, 11) is 0. The first-order valence-corrected chi connectivity index (χ1v) is 5.16. The number of carboxylic acids is 1. The Hall–Kier alpha value is -1.61. The zero-order valence-corrected chi connectivity index (χ0v) is 9.55. The predicted octanol–water partition coefficient (Wildman–Crippen LogP) is 2.14. The first kappa shape index (κ1) is 12.5. The SMILES string of the molecule is CC(C)(/C=C/c1ccccc1)C(N)C(=O)O. The molecule has 0 spiro atoms. The zero-order chi connectivity index (χ0) is 12.2. The zero-order valence-electron chi connectivity index (χ0n) is 9.55. The topological polar surface area (TPSA) is 63.3 Å². The van der Waals surface area contributed by atoms with E-state index >= 15 is 0 Å². The minimum atomic E-state index is -0.984. The van der Waals surface area contributed by atoms with Gasteiger partial charge >= 0.3 is 5.97 Å². The fraction of sp³-hybridized carbons (Fsp3) is 0.308. The minimum absolute atomic E-state index is 0.568. The average molecular weight is 219 g/mol. The minimum Gasteiger partial charge on any atom is -0.480 e. The van der Waals surface area contributed by atoms with Crippen molar-refractivity contribution in [3.05, 3.63) is 42.0 Å². The van der Waals surface area contributed by atoms with Gasteiger partial charge in [0.05, 0.1) is 0 Å². The second kappa shape index (κ2) is 4.94. The van der Waals surface area contributed by atoms with Crippen LogP contribution < -0.4 is 5.73 Å². The van der Waals surface area contributed by atoms with Crippen molar-refractivity contribution in [1.82, 2.24) is 0 Å². The number of carboxylic acid groups (broad SMARTS) is 1. The summed E-state index contributed by atoms with van der Waals surface area (Å²) in [4.78, 5) is 10.8. The molecule has 1 aromatic rings. The standard InChI is InChI=1S/C13H17NO2/c1-13(2,11(14)12(15)16)9-8-10-6-4-3-5-7-10/h3-9,11H,14H2,1-2H3,(H,15,16)/b9-8+. The summed E-state index contributed by atoms with van der Waals surface area (Å²) in [5, 5.41) is 8.86. The molecular weight excluding hydrogens is 202 g/mol. The van der Waals surface area contributed by atoms with E-state index in [1.807, 2.05) is 56.3 Å². The fourth-order valence-electron chi connectivity index (χ4n) is 1.30. The average Bonchev–Trinajstić information content (AvgIpc) is 2.27. The lowest BCUT2D eigenvalue weighted by atomic mass is 9.84. The summed E-state index contributed by atoms with van der Waals surface area (Å²) in [6.45, 7) is 3.62. The van der Waals surface area contributed by atoms with Gasteiger partial charge in [-0.25, -0.2) is 0 Å². The molecule has 0 aliphatic heterocycles. The Bertz CT molecular complexity index is 382. The van der Waals surface area contributed by atoms with Crippen LogP contribution in [0.4, 0.5) is 0 Å². The van der Waals surface area contributed by atoms with Crippen LogP contribution in [0.1, 0.15) is 19.4 Å². The van der Waals surface area contributed by atoms with Gasteiger partial charge in [-0.15, -0.1) is 0 Å². The molecule has 0 heterocycles. The lowest BCUT2D eigenvalue weighted by molar-refractivity contribution is -0.140. The van der Waals surface area contributed by atoms with Crippen molar-refractivity contribution in [3.63, 3.8) is 0 Å². The third kappa shape index (κ3) is 3.21. The van der Waals surface area contributed by atoms with Gasteiger partial charge in [-0.2, -0.15) is 0 Å². The van der Waals surface area contributed by atoms with Crippen molar-refractivity contribution in [3.8, 4) is 0 Å². The molecule has 1 aromatic carbocycles. The fourth-order valence-corrected chi connectivity index (χ4v) is 1.30. The second-order valence-electron chi connectivity index (χ2n) is 4.38. The Morgan fingerprint density at radius 1 is 1.38 bits per heavy atom. The number of hydrogen-bond donors (Lipinski definition) is 2. The van der Waals surface area contributed by atoms with Crippen LogP contribution in [0, 0.1) is 5.41 Å². The molecule has 0 aliphatic carbocycles. The van der Waals surface area contributed by atoms with Crippen LogP contribution in [0.2, 0.25) is 0 Å². The van der Waals surface area contributed by atoms with E-state index in [-0.39, 0.29) is 0 Å². The lowest BCUT2D eigenvalue weighted by Crippen LogP contribution is -2.42. The van der Waals surface area contributed by atoms with Crippen molar-refractivity contribution in [1.29, 1.82) is 0 Å². The molecule has 3 N–H and O–H groups in total. The third-order valence-corrected chi connectivity index (χ3v) is 2.57. The van der Waals surface area contributed by atoms with Crippen LogP contribution in [0.25, 0.3) is 6.08 Å². The quantitative estimate of drug-likeness (QED) is 0.815. The molecule has 86 valence electrons. The van der Waals surface area contributed by atoms with Crippen molar-refractivity contribution < 1.29 is 9.90 Å². The highest BCUT2D eigenvalue weighted by Gasteiger charge is 2.29. The van der Waals surface area contributed by atoms with Gasteiger partial charge in [-0.1, -0.05) is 56.3 Å². The normalized spacial score (nSPS) is 13.9. The molecule has 0 radical (unpaired) electrons. The number of aliphatic carboxylic acids is 1. The van der Waals surface area contributed by atoms with Crippen LogP contribution in [-0.4, -0.2) is 17.1 Å². The van der Waals surface area contributed by atoms with Crippen LogP contribution in [0.5, 0.6) is 0 Å². The number of rotatable bonds is 4. The van der Waals surface area contributed by atoms with Crippen molar-refractivity contribution >= 4 is 12.0 Å². The highest BCUT2D eigenvalue weighted by Crippen LogP contribution is 2.22. The maximum absolute atomic E-state index is 10.8. The van der Waals surface area contributed by atoms with Crippen LogP contribution in [-0.2, 0) is 4.79 Å². The first-order valence-electron chi connectivity index (χ1n) is 5.16. The smallest absolute Gasteiger partial charge is 0.321 e. The molecule has 1 unspecified atom stereocenters. The molecule has 1 atom stereocenters. The van der Waals surface area contributed by atoms with Crippen molar-refractivity contribution in [2.75, 3.05) is 0 Å². The maximum Gasteiger partial charge on any atom is 0.321 e. The summed E-state index contributed by atoms with van der Waals surface area (Å²) in [5.74, 6) is -0.984. The van der Waals surface area contributed by atoms with E-state index in [1.54, 1.807) is 0 Å². The van der Waals surface area contributed by atoms with Gasteiger partial charge < -0.3 is 10.8 Å². The monoisotopic (exact) mass is 219 g/mol. The molecule has 0 saturated heterocycles. The Morgan fingerprint density at radius 3 is 2.44 bits per heavy atom. The Labute approximate surface area is 95.6 Å². The van der Waals surface area contributed by atoms with E-state index in [0.29, 0.717) is 0 Å². The third-order valence-electron chi connectivity index (χ3n) is 2.57. The Balaban J connectivity index is 2.80. The molecular formula is C13H17NO2. The van der Waals surface area contributed by atoms with Gasteiger partial charge in [0.2, 0.25) is 0 Å². The Morgan fingerprint density at radius 2 is 1.94 bits per heavy atom. The van der Waals surface area contributed by atoms with Gasteiger partial charge in [0.25, 0.3) is 0 Å². The summed E-state index contributed by atoms with van der Waals surface area (Å²) < 4.78 is 0. The number of hydrogen-bond acceptors (Lipinski definition) is 2. The van der Waals surface area contributed by atoms with E-state index in [1.165, 1.54) is 0 Å². The highest BCUT2D eigenvalue weighted by molar-refractivity contribution is 5.75. The van der Waals surface area contributed by atoms with Gasteiger partial charge in [-0.05, 0) is 5.56 Å². The lowest BCUT2D eigenvalue weighted by Gasteiger charge is -2.24. The summed E-state index contributed by atoms with van der Waals surface area (Å²) in [6, 6.07) is 8.82. The molecule has 0 bridgehead atoms. The van der Waals surface area contributed by atoms with Crippen LogP contribution in [0.15, 0.2) is 36.4 Å². The second-order valence-corrected chi connectivity index (χ2v) is 4.38. The summed E-state index contributed by atoms with van der Waals surface area (Å²) in [6.07, 6.45) is 3.73. The van der Waals surface area contributed by atoms with Crippen molar-refractivity contribution in [2.24, 2.45) is 11.1 Å². The predicted molar refractivity (Wildman–Crippen MR) is 64.9 cm³/mol.